The zero-order valence-corrected chi connectivity index (χ0v) is 16.8. The molecule has 2 aromatic rings. The number of ether oxygens (including phenoxy) is 1. The van der Waals surface area contributed by atoms with E-state index in [0.717, 1.165) is 25.2 Å². The first-order valence-corrected chi connectivity index (χ1v) is 10.2. The third-order valence-electron chi connectivity index (χ3n) is 5.76. The van der Waals surface area contributed by atoms with Crippen LogP contribution >= 0.6 is 0 Å². The largest absolute Gasteiger partial charge is 0.507 e. The van der Waals surface area contributed by atoms with Crippen molar-refractivity contribution in [2.45, 2.75) is 6.04 Å². The van der Waals surface area contributed by atoms with Crippen LogP contribution in [0.3, 0.4) is 0 Å². The number of aliphatic hydroxyl groups excluding tert-OH is 1. The fraction of sp³-hybridized carbons (Fsp3) is 0.304. The monoisotopic (exact) mass is 429 g/mol. The summed E-state index contributed by atoms with van der Waals surface area (Å²) >= 11 is 0. The summed E-state index contributed by atoms with van der Waals surface area (Å²) in [6.45, 7) is 3.59. The molecule has 2 aliphatic rings. The van der Waals surface area contributed by atoms with Crippen molar-refractivity contribution in [1.29, 1.82) is 0 Å². The van der Waals surface area contributed by atoms with Gasteiger partial charge in [0.15, 0.2) is 0 Å². The maximum absolute atomic E-state index is 14.7. The van der Waals surface area contributed by atoms with Crippen molar-refractivity contribution in [3.63, 3.8) is 0 Å². The van der Waals surface area contributed by atoms with E-state index in [9.17, 15) is 23.5 Å². The Bertz CT molecular complexity index is 1020. The Morgan fingerprint density at radius 3 is 2.42 bits per heavy atom. The number of nitrogens with one attached hydrogen (secondary N) is 1. The van der Waals surface area contributed by atoms with Crippen molar-refractivity contribution >= 4 is 17.4 Å². The molecule has 2 fully saturated rings. The number of carbonyl (C=O) groups is 2. The van der Waals surface area contributed by atoms with Gasteiger partial charge in [0.1, 0.15) is 30.5 Å². The van der Waals surface area contributed by atoms with Crippen LogP contribution in [0.2, 0.25) is 0 Å². The number of hydrogen-bond acceptors (Lipinski definition) is 4. The Balaban J connectivity index is 1.75. The zero-order valence-electron chi connectivity index (χ0n) is 16.8. The number of morpholine rings is 1. The standard InChI is InChI=1S/C23H22F2N2O4/c24-16-7-5-15(6-8-16)21(28)19-20(17-3-1-2-4-18(17)25)27(23(30)22(19)29)10-9-26-11-13-31-14-12-26/h1-8,20,28H,9-14H2/p+1/t20-/m1/s1. The minimum absolute atomic E-state index is 0.127. The Kier molecular flexibility index (Phi) is 6.11. The van der Waals surface area contributed by atoms with E-state index in [1.54, 1.807) is 6.07 Å². The fourth-order valence-electron chi connectivity index (χ4n) is 4.08. The topological polar surface area (TPSA) is 71.3 Å². The number of rotatable bonds is 5. The van der Waals surface area contributed by atoms with Crippen LogP contribution in [0.25, 0.3) is 5.76 Å². The normalized spacial score (nSPS) is 21.6. The summed E-state index contributed by atoms with van der Waals surface area (Å²) < 4.78 is 33.4. The van der Waals surface area contributed by atoms with Gasteiger partial charge in [-0.15, -0.1) is 0 Å². The van der Waals surface area contributed by atoms with Gasteiger partial charge in [0.2, 0.25) is 0 Å². The van der Waals surface area contributed by atoms with Gasteiger partial charge in [-0.25, -0.2) is 8.78 Å². The van der Waals surface area contributed by atoms with Gasteiger partial charge in [-0.1, -0.05) is 18.2 Å². The molecule has 0 bridgehead atoms. The van der Waals surface area contributed by atoms with Crippen LogP contribution in [0.4, 0.5) is 8.78 Å². The minimum atomic E-state index is -1.06. The minimum Gasteiger partial charge on any atom is -0.507 e. The number of aliphatic hydroxyl groups is 1. The molecule has 31 heavy (non-hydrogen) atoms. The quantitative estimate of drug-likeness (QED) is 0.427. The second kappa shape index (κ2) is 8.95. The molecule has 162 valence electrons. The molecule has 6 nitrogen and oxygen atoms in total. The summed E-state index contributed by atoms with van der Waals surface area (Å²) in [6, 6.07) is 9.73. The van der Waals surface area contributed by atoms with E-state index >= 15 is 0 Å². The third kappa shape index (κ3) is 4.22. The van der Waals surface area contributed by atoms with Crippen molar-refractivity contribution < 1.29 is 33.1 Å². The molecule has 0 radical (unpaired) electrons. The van der Waals surface area contributed by atoms with Gasteiger partial charge in [-0.2, -0.15) is 0 Å². The lowest BCUT2D eigenvalue weighted by molar-refractivity contribution is -0.907. The number of hydrogen-bond donors (Lipinski definition) is 2. The predicted molar refractivity (Wildman–Crippen MR) is 108 cm³/mol. The molecule has 0 aliphatic carbocycles. The molecule has 8 heteroatoms. The average Bonchev–Trinajstić information content (AvgIpc) is 3.03. The Hall–Kier alpha value is -3.10. The first-order valence-electron chi connectivity index (χ1n) is 10.2. The van der Waals surface area contributed by atoms with Crippen molar-refractivity contribution in [2.75, 3.05) is 39.4 Å². The van der Waals surface area contributed by atoms with Gasteiger partial charge in [0, 0.05) is 11.1 Å². The lowest BCUT2D eigenvalue weighted by atomic mass is 9.95. The first kappa shape index (κ1) is 21.1. The number of ketones is 1. The SMILES string of the molecule is O=C1C(=O)N(CC[NH+]2CCOCC2)[C@H](c2ccccc2F)C1=C(O)c1ccc(F)cc1. The van der Waals surface area contributed by atoms with Crippen molar-refractivity contribution in [3.8, 4) is 0 Å². The Morgan fingerprint density at radius 2 is 1.74 bits per heavy atom. The molecule has 0 unspecified atom stereocenters. The van der Waals surface area contributed by atoms with Crippen LogP contribution < -0.4 is 4.90 Å². The smallest absolute Gasteiger partial charge is 0.295 e. The Labute approximate surface area is 178 Å². The van der Waals surface area contributed by atoms with E-state index in [1.165, 1.54) is 40.1 Å². The number of Topliss-reactive ketones (excluding diaryl/α,β-unsaturated/α-hetero) is 1. The molecule has 2 N–H and O–H groups in total. The van der Waals surface area contributed by atoms with Gasteiger partial charge >= 0.3 is 0 Å². The van der Waals surface area contributed by atoms with Crippen LogP contribution in [0, 0.1) is 11.6 Å². The van der Waals surface area contributed by atoms with Gasteiger partial charge < -0.3 is 19.6 Å². The molecule has 0 aromatic heterocycles. The van der Waals surface area contributed by atoms with Crippen molar-refractivity contribution in [2.24, 2.45) is 0 Å². The molecule has 2 aromatic carbocycles. The van der Waals surface area contributed by atoms with E-state index in [2.05, 4.69) is 0 Å². The van der Waals surface area contributed by atoms with Gasteiger partial charge in [-0.3, -0.25) is 9.59 Å². The molecule has 1 amide bonds. The van der Waals surface area contributed by atoms with Gasteiger partial charge in [0.25, 0.3) is 11.7 Å². The molecule has 0 saturated carbocycles. The zero-order chi connectivity index (χ0) is 22.0. The lowest BCUT2D eigenvalue weighted by Gasteiger charge is -2.29. The number of carbonyl (C=O) groups excluding carboxylic acids is 2. The Morgan fingerprint density at radius 1 is 1.06 bits per heavy atom. The highest BCUT2D eigenvalue weighted by atomic mass is 19.1. The number of benzene rings is 2. The van der Waals surface area contributed by atoms with E-state index in [4.69, 9.17) is 4.74 Å². The summed E-state index contributed by atoms with van der Waals surface area (Å²) in [7, 11) is 0. The van der Waals surface area contributed by atoms with Gasteiger partial charge in [0.05, 0.1) is 37.9 Å². The molecule has 2 heterocycles. The third-order valence-corrected chi connectivity index (χ3v) is 5.76. The molecular formula is C23H23F2N2O4+. The maximum Gasteiger partial charge on any atom is 0.295 e. The van der Waals surface area contributed by atoms with E-state index in [0.29, 0.717) is 19.8 Å². The fourth-order valence-corrected chi connectivity index (χ4v) is 4.08. The molecule has 1 atom stereocenters. The summed E-state index contributed by atoms with van der Waals surface area (Å²) in [5, 5.41) is 10.9. The van der Waals surface area contributed by atoms with E-state index in [-0.39, 0.29) is 23.2 Å². The second-order valence-electron chi connectivity index (χ2n) is 7.63. The van der Waals surface area contributed by atoms with Crippen LogP contribution in [-0.4, -0.2) is 61.1 Å². The highest BCUT2D eigenvalue weighted by molar-refractivity contribution is 6.46. The van der Waals surface area contributed by atoms with Crippen LogP contribution in [0.15, 0.2) is 54.1 Å². The van der Waals surface area contributed by atoms with Crippen LogP contribution in [0.1, 0.15) is 17.2 Å². The molecule has 0 spiro atoms. The summed E-state index contributed by atoms with van der Waals surface area (Å²) in [5.41, 5.74) is 0.112. The summed E-state index contributed by atoms with van der Waals surface area (Å²) in [6.07, 6.45) is 0. The summed E-state index contributed by atoms with van der Waals surface area (Å²) in [5.74, 6) is -3.20. The number of halogens is 2. The van der Waals surface area contributed by atoms with Gasteiger partial charge in [-0.05, 0) is 30.3 Å². The van der Waals surface area contributed by atoms with Crippen LogP contribution in [0.5, 0.6) is 0 Å². The first-order chi connectivity index (χ1) is 15.0. The van der Waals surface area contributed by atoms with E-state index in [1.807, 2.05) is 0 Å². The van der Waals surface area contributed by atoms with Crippen LogP contribution in [-0.2, 0) is 14.3 Å². The second-order valence-corrected chi connectivity index (χ2v) is 7.63. The number of nitrogens with zero attached hydrogens (tertiary/aromatic N) is 1. The predicted octanol–water partition coefficient (Wildman–Crippen LogP) is 1.30. The number of quaternary nitrogens is 1. The average molecular weight is 429 g/mol. The van der Waals surface area contributed by atoms with Crippen molar-refractivity contribution in [1.82, 2.24) is 4.90 Å². The molecule has 4 rings (SSSR count). The molecular weight excluding hydrogens is 406 g/mol. The lowest BCUT2D eigenvalue weighted by Crippen LogP contribution is -3.14. The summed E-state index contributed by atoms with van der Waals surface area (Å²) in [4.78, 5) is 28.3. The number of likely N-dealkylation sites (tertiary alicyclic amines) is 1. The molecule has 2 aliphatic heterocycles. The highest BCUT2D eigenvalue weighted by Crippen LogP contribution is 2.39. The number of amides is 1. The highest BCUT2D eigenvalue weighted by Gasteiger charge is 2.47. The molecule has 2 saturated heterocycles. The van der Waals surface area contributed by atoms with Crippen molar-refractivity contribution in [3.05, 3.63) is 76.9 Å². The van der Waals surface area contributed by atoms with E-state index < -0.39 is 35.1 Å². The maximum atomic E-state index is 14.7.